The van der Waals surface area contributed by atoms with Gasteiger partial charge in [0.1, 0.15) is 11.6 Å². The Hall–Kier alpha value is -2.42. The van der Waals surface area contributed by atoms with Crippen LogP contribution in [0.25, 0.3) is 10.2 Å². The van der Waals surface area contributed by atoms with E-state index in [4.69, 9.17) is 0 Å². The summed E-state index contributed by atoms with van der Waals surface area (Å²) in [5, 5.41) is 4.14. The minimum absolute atomic E-state index is 0.253. The molecule has 0 unspecified atom stereocenters. The quantitative estimate of drug-likeness (QED) is 0.723. The molecule has 0 radical (unpaired) electrons. The van der Waals surface area contributed by atoms with Gasteiger partial charge in [-0.05, 0) is 18.2 Å². The summed E-state index contributed by atoms with van der Waals surface area (Å²) in [6.07, 6.45) is -3.37. The largest absolute Gasteiger partial charge is 0.435 e. The second-order valence-electron chi connectivity index (χ2n) is 5.22. The Labute approximate surface area is 139 Å². The first-order valence-electron chi connectivity index (χ1n) is 7.02. The minimum atomic E-state index is -4.51. The number of alkyl halides is 3. The third-order valence-electron chi connectivity index (χ3n) is 3.36. The van der Waals surface area contributed by atoms with Gasteiger partial charge in [-0.15, -0.1) is 11.3 Å². The van der Waals surface area contributed by atoms with Crippen LogP contribution in [0.4, 0.5) is 13.2 Å². The average molecular weight is 354 g/mol. The number of likely N-dealkylation sites (N-methyl/N-ethyl adjacent to an activating group) is 1. The van der Waals surface area contributed by atoms with E-state index >= 15 is 0 Å². The molecule has 2 heterocycles. The summed E-state index contributed by atoms with van der Waals surface area (Å²) >= 11 is 1.48. The smallest absolute Gasteiger partial charge is 0.337 e. The second-order valence-corrected chi connectivity index (χ2v) is 6.34. The van der Waals surface area contributed by atoms with Crippen LogP contribution < -0.4 is 0 Å². The number of para-hydroxylation sites is 1. The van der Waals surface area contributed by atoms with E-state index in [1.54, 1.807) is 7.05 Å². The number of benzene rings is 1. The summed E-state index contributed by atoms with van der Waals surface area (Å²) < 4.78 is 39.5. The molecular weight excluding hydrogens is 341 g/mol. The fourth-order valence-electron chi connectivity index (χ4n) is 2.14. The summed E-state index contributed by atoms with van der Waals surface area (Å²) in [7, 11) is 1.59. The van der Waals surface area contributed by atoms with Crippen LogP contribution in [0.15, 0.2) is 36.5 Å². The first-order valence-corrected chi connectivity index (χ1v) is 7.83. The topological polar surface area (TPSA) is 51.0 Å². The molecule has 0 atom stereocenters. The fourth-order valence-corrected chi connectivity index (χ4v) is 3.16. The van der Waals surface area contributed by atoms with Gasteiger partial charge in [-0.2, -0.15) is 18.3 Å². The molecule has 0 aliphatic carbocycles. The van der Waals surface area contributed by atoms with Crippen LogP contribution >= 0.6 is 11.3 Å². The molecule has 2 aromatic heterocycles. The molecule has 0 aliphatic heterocycles. The number of halogens is 3. The zero-order valence-electron chi connectivity index (χ0n) is 12.6. The molecular formula is C15H13F3N4OS. The number of thiazole rings is 1. The molecule has 126 valence electrons. The van der Waals surface area contributed by atoms with Gasteiger partial charge in [0, 0.05) is 13.2 Å². The van der Waals surface area contributed by atoms with Crippen molar-refractivity contribution in [3.8, 4) is 0 Å². The molecule has 5 nitrogen and oxygen atoms in total. The maximum absolute atomic E-state index is 12.5. The van der Waals surface area contributed by atoms with Crippen LogP contribution in [0.3, 0.4) is 0 Å². The van der Waals surface area contributed by atoms with Crippen molar-refractivity contribution in [3.05, 3.63) is 47.2 Å². The SMILES string of the molecule is CN(Cc1nc2ccccc2s1)C(=O)Cn1ccc(C(F)(F)F)n1. The van der Waals surface area contributed by atoms with Gasteiger partial charge in [0.2, 0.25) is 5.91 Å². The van der Waals surface area contributed by atoms with Crippen LogP contribution in [0.5, 0.6) is 0 Å². The second kappa shape index (κ2) is 6.23. The highest BCUT2D eigenvalue weighted by molar-refractivity contribution is 7.18. The first kappa shape index (κ1) is 16.4. The van der Waals surface area contributed by atoms with E-state index in [9.17, 15) is 18.0 Å². The van der Waals surface area contributed by atoms with E-state index in [-0.39, 0.29) is 12.5 Å². The monoisotopic (exact) mass is 354 g/mol. The van der Waals surface area contributed by atoms with Crippen LogP contribution in [0.1, 0.15) is 10.7 Å². The Morgan fingerprint density at radius 3 is 2.71 bits per heavy atom. The molecule has 0 saturated heterocycles. The first-order chi connectivity index (χ1) is 11.3. The highest BCUT2D eigenvalue weighted by Crippen LogP contribution is 2.27. The van der Waals surface area contributed by atoms with Crippen LogP contribution in [-0.2, 0) is 24.1 Å². The van der Waals surface area contributed by atoms with E-state index < -0.39 is 11.9 Å². The predicted molar refractivity (Wildman–Crippen MR) is 83.3 cm³/mol. The third-order valence-corrected chi connectivity index (χ3v) is 4.39. The normalized spacial score (nSPS) is 11.8. The van der Waals surface area contributed by atoms with Crippen molar-refractivity contribution in [3.63, 3.8) is 0 Å². The highest BCUT2D eigenvalue weighted by atomic mass is 32.1. The molecule has 24 heavy (non-hydrogen) atoms. The maximum atomic E-state index is 12.5. The standard InChI is InChI=1S/C15H13F3N4OS/c1-21(8-13-19-10-4-2-3-5-11(10)24-13)14(23)9-22-7-6-12(20-22)15(16,17)18/h2-7H,8-9H2,1H3. The lowest BCUT2D eigenvalue weighted by atomic mass is 10.3. The van der Waals surface area contributed by atoms with Gasteiger partial charge >= 0.3 is 6.18 Å². The molecule has 0 bridgehead atoms. The average Bonchev–Trinajstić information content (AvgIpc) is 3.12. The van der Waals surface area contributed by atoms with Crippen molar-refractivity contribution >= 4 is 27.5 Å². The fraction of sp³-hybridized carbons (Fsp3) is 0.267. The van der Waals surface area contributed by atoms with Crippen molar-refractivity contribution in [2.75, 3.05) is 7.05 Å². The van der Waals surface area contributed by atoms with Gasteiger partial charge < -0.3 is 4.90 Å². The van der Waals surface area contributed by atoms with Crippen LogP contribution in [-0.4, -0.2) is 32.6 Å². The van der Waals surface area contributed by atoms with E-state index in [0.29, 0.717) is 6.54 Å². The van der Waals surface area contributed by atoms with Gasteiger partial charge in [0.05, 0.1) is 16.8 Å². The van der Waals surface area contributed by atoms with Crippen LogP contribution in [0, 0.1) is 0 Å². The maximum Gasteiger partial charge on any atom is 0.435 e. The summed E-state index contributed by atoms with van der Waals surface area (Å²) in [5.74, 6) is -0.342. The van der Waals surface area contributed by atoms with Gasteiger partial charge in [0.25, 0.3) is 0 Å². The Bertz CT molecular complexity index is 838. The number of nitrogens with zero attached hydrogens (tertiary/aromatic N) is 4. The van der Waals surface area contributed by atoms with Crippen molar-refractivity contribution < 1.29 is 18.0 Å². The van der Waals surface area contributed by atoms with E-state index in [1.807, 2.05) is 24.3 Å². The lowest BCUT2D eigenvalue weighted by molar-refractivity contribution is -0.142. The summed E-state index contributed by atoms with van der Waals surface area (Å²) in [6, 6.07) is 8.48. The summed E-state index contributed by atoms with van der Waals surface area (Å²) in [5.41, 5.74) is -0.149. The molecule has 0 aliphatic rings. The lowest BCUT2D eigenvalue weighted by Crippen LogP contribution is -2.30. The van der Waals surface area contributed by atoms with Gasteiger partial charge in [-0.3, -0.25) is 9.48 Å². The number of hydrogen-bond donors (Lipinski definition) is 0. The predicted octanol–water partition coefficient (Wildman–Crippen LogP) is 3.17. The van der Waals surface area contributed by atoms with Gasteiger partial charge in [-0.25, -0.2) is 4.98 Å². The van der Waals surface area contributed by atoms with Crippen molar-refractivity contribution in [2.45, 2.75) is 19.3 Å². The van der Waals surface area contributed by atoms with Crippen LogP contribution in [0.2, 0.25) is 0 Å². The molecule has 1 aromatic carbocycles. The number of aromatic nitrogens is 3. The molecule has 0 spiro atoms. The summed E-state index contributed by atoms with van der Waals surface area (Å²) in [4.78, 5) is 18.0. The highest BCUT2D eigenvalue weighted by Gasteiger charge is 2.33. The zero-order chi connectivity index (χ0) is 17.3. The Morgan fingerprint density at radius 1 is 1.29 bits per heavy atom. The molecule has 0 saturated carbocycles. The number of carbonyl (C=O) groups is 1. The van der Waals surface area contributed by atoms with Gasteiger partial charge in [0.15, 0.2) is 5.69 Å². The lowest BCUT2D eigenvalue weighted by Gasteiger charge is -2.15. The zero-order valence-corrected chi connectivity index (χ0v) is 13.4. The molecule has 1 amide bonds. The van der Waals surface area contributed by atoms with Crippen molar-refractivity contribution in [1.82, 2.24) is 19.7 Å². The molecule has 0 N–H and O–H groups in total. The molecule has 9 heteroatoms. The number of rotatable bonds is 4. The Morgan fingerprint density at radius 2 is 2.04 bits per heavy atom. The number of amides is 1. The van der Waals surface area contributed by atoms with E-state index in [2.05, 4.69) is 10.1 Å². The number of hydrogen-bond acceptors (Lipinski definition) is 4. The van der Waals surface area contributed by atoms with Crippen molar-refractivity contribution in [2.24, 2.45) is 0 Å². The Kier molecular flexibility index (Phi) is 4.27. The summed E-state index contributed by atoms with van der Waals surface area (Å²) in [6.45, 7) is 0.0447. The minimum Gasteiger partial charge on any atom is -0.337 e. The van der Waals surface area contributed by atoms with Crippen molar-refractivity contribution in [1.29, 1.82) is 0 Å². The van der Waals surface area contributed by atoms with Gasteiger partial charge in [-0.1, -0.05) is 12.1 Å². The number of carbonyl (C=O) groups excluding carboxylic acids is 1. The van der Waals surface area contributed by atoms with E-state index in [0.717, 1.165) is 32.2 Å². The molecule has 3 rings (SSSR count). The molecule has 3 aromatic rings. The molecule has 0 fully saturated rings. The Balaban J connectivity index is 1.65. The van der Waals surface area contributed by atoms with E-state index in [1.165, 1.54) is 16.2 Å². The number of fused-ring (bicyclic) bond motifs is 1. The third kappa shape index (κ3) is 3.56.